The molecule has 0 radical (unpaired) electrons. The summed E-state index contributed by atoms with van der Waals surface area (Å²) in [5, 5.41) is 3.60. The van der Waals surface area contributed by atoms with Crippen LogP contribution in [0.2, 0.25) is 18.1 Å². The molecule has 10 heteroatoms. The van der Waals surface area contributed by atoms with Gasteiger partial charge >= 0.3 is 6.18 Å². The molecule has 2 aliphatic rings. The van der Waals surface area contributed by atoms with Crippen molar-refractivity contribution in [1.29, 1.82) is 0 Å². The van der Waals surface area contributed by atoms with Gasteiger partial charge in [0.25, 0.3) is 0 Å². The molecule has 1 saturated carbocycles. The Morgan fingerprint density at radius 2 is 1.85 bits per heavy atom. The second kappa shape index (κ2) is 7.40. The number of hydrogen-bond donors (Lipinski definition) is 0. The van der Waals surface area contributed by atoms with Crippen LogP contribution in [0.5, 0.6) is 0 Å². The lowest BCUT2D eigenvalue weighted by molar-refractivity contribution is -0.137. The fourth-order valence-corrected chi connectivity index (χ4v) is 5.77. The minimum absolute atomic E-state index is 0.0485. The molecular formula is C23H30F3N3O3Si. The van der Waals surface area contributed by atoms with Gasteiger partial charge in [0.1, 0.15) is 0 Å². The topological polar surface area (TPSA) is 68.5 Å². The number of carbonyl (C=O) groups excluding carboxylic acids is 1. The largest absolute Gasteiger partial charge is 0.417 e. The molecule has 2 heterocycles. The lowest BCUT2D eigenvalue weighted by atomic mass is 9.99. The van der Waals surface area contributed by atoms with Gasteiger partial charge in [-0.05, 0) is 56.1 Å². The number of benzene rings is 1. The van der Waals surface area contributed by atoms with Gasteiger partial charge in [-0.25, -0.2) is 0 Å². The summed E-state index contributed by atoms with van der Waals surface area (Å²) in [5.41, 5.74) is -1.52. The number of rotatable bonds is 4. The first-order valence-electron chi connectivity index (χ1n) is 11.1. The van der Waals surface area contributed by atoms with Crippen LogP contribution in [0.3, 0.4) is 0 Å². The van der Waals surface area contributed by atoms with E-state index in [1.165, 1.54) is 24.0 Å². The number of amides is 1. The van der Waals surface area contributed by atoms with Gasteiger partial charge in [0, 0.05) is 18.2 Å². The summed E-state index contributed by atoms with van der Waals surface area (Å²) in [7, 11) is -2.20. The molecule has 1 saturated heterocycles. The molecule has 33 heavy (non-hydrogen) atoms. The molecule has 180 valence electrons. The van der Waals surface area contributed by atoms with Crippen molar-refractivity contribution in [2.24, 2.45) is 5.41 Å². The van der Waals surface area contributed by atoms with Crippen molar-refractivity contribution in [1.82, 2.24) is 10.1 Å². The third kappa shape index (κ3) is 3.90. The van der Waals surface area contributed by atoms with Crippen LogP contribution in [0.4, 0.5) is 18.9 Å². The van der Waals surface area contributed by atoms with Gasteiger partial charge in [0.15, 0.2) is 8.32 Å². The highest BCUT2D eigenvalue weighted by atomic mass is 28.4. The highest BCUT2D eigenvalue weighted by Gasteiger charge is 2.67. The Morgan fingerprint density at radius 3 is 2.33 bits per heavy atom. The van der Waals surface area contributed by atoms with E-state index in [1.807, 2.05) is 6.92 Å². The van der Waals surface area contributed by atoms with E-state index in [-0.39, 0.29) is 46.1 Å². The minimum atomic E-state index is -4.65. The summed E-state index contributed by atoms with van der Waals surface area (Å²) in [4.78, 5) is 18.9. The van der Waals surface area contributed by atoms with Crippen molar-refractivity contribution in [2.75, 3.05) is 4.90 Å². The van der Waals surface area contributed by atoms with Crippen molar-refractivity contribution in [2.45, 2.75) is 83.9 Å². The van der Waals surface area contributed by atoms with E-state index in [0.29, 0.717) is 12.8 Å². The Kier molecular flexibility index (Phi) is 5.37. The van der Waals surface area contributed by atoms with E-state index in [2.05, 4.69) is 44.0 Å². The molecule has 4 rings (SSSR count). The molecule has 1 aromatic carbocycles. The summed E-state index contributed by atoms with van der Waals surface area (Å²) in [6, 6.07) is 3.47. The van der Waals surface area contributed by atoms with E-state index in [1.54, 1.807) is 0 Å². The average Bonchev–Trinajstić information content (AvgIpc) is 3.34. The molecule has 0 unspecified atom stereocenters. The maximum Gasteiger partial charge on any atom is 0.417 e. The van der Waals surface area contributed by atoms with Crippen LogP contribution in [-0.2, 0) is 15.4 Å². The number of nitrogens with zero attached hydrogens (tertiary/aromatic N) is 3. The summed E-state index contributed by atoms with van der Waals surface area (Å²) in [6.45, 7) is 14.0. The van der Waals surface area contributed by atoms with E-state index in [4.69, 9.17) is 8.95 Å². The lowest BCUT2D eigenvalue weighted by Crippen LogP contribution is -2.48. The Balaban J connectivity index is 1.74. The van der Waals surface area contributed by atoms with Crippen LogP contribution in [0.25, 0.3) is 11.4 Å². The fraction of sp³-hybridized carbons (Fsp3) is 0.609. The second-order valence-electron chi connectivity index (χ2n) is 10.7. The molecule has 1 aliphatic heterocycles. The number of hydrogen-bond acceptors (Lipinski definition) is 5. The molecule has 0 bridgehead atoms. The second-order valence-corrected chi connectivity index (χ2v) is 15.5. The van der Waals surface area contributed by atoms with Crippen molar-refractivity contribution in [3.63, 3.8) is 0 Å². The fourth-order valence-electron chi connectivity index (χ4n) is 4.35. The van der Waals surface area contributed by atoms with Gasteiger partial charge < -0.3 is 13.8 Å². The van der Waals surface area contributed by atoms with Gasteiger partial charge in [-0.1, -0.05) is 25.9 Å². The van der Waals surface area contributed by atoms with Crippen LogP contribution >= 0.6 is 0 Å². The standard InChI is InChI=1S/C23H30F3N3O3Si/c1-13-18(32-33(6,7)21(3,4)5)22(10-11-22)20(30)29(13)15-8-9-16(17(12-15)23(24,25)26)19-27-14(2)31-28-19/h8-9,12-13,18H,10-11H2,1-7H3/t13-,18-/m0/s1. The zero-order valence-electron chi connectivity index (χ0n) is 20.0. The Morgan fingerprint density at radius 1 is 1.21 bits per heavy atom. The minimum Gasteiger partial charge on any atom is -0.411 e. The van der Waals surface area contributed by atoms with Gasteiger partial charge in [-0.2, -0.15) is 18.2 Å². The maximum absolute atomic E-state index is 14.0. The third-order valence-electron chi connectivity index (χ3n) is 7.41. The first-order chi connectivity index (χ1) is 15.1. The molecule has 2 aromatic rings. The van der Waals surface area contributed by atoms with E-state index in [0.717, 1.165) is 6.07 Å². The normalized spacial score (nSPS) is 23.0. The van der Waals surface area contributed by atoms with Crippen LogP contribution in [0, 0.1) is 12.3 Å². The Hall–Kier alpha value is -2.20. The third-order valence-corrected chi connectivity index (χ3v) is 11.9. The Bertz CT molecular complexity index is 1090. The highest BCUT2D eigenvalue weighted by Crippen LogP contribution is 2.59. The number of aromatic nitrogens is 2. The molecular weight excluding hydrogens is 451 g/mol. The highest BCUT2D eigenvalue weighted by molar-refractivity contribution is 6.74. The van der Waals surface area contributed by atoms with Gasteiger partial charge in [-0.15, -0.1) is 0 Å². The zero-order chi connectivity index (χ0) is 24.6. The van der Waals surface area contributed by atoms with Crippen LogP contribution in [-0.4, -0.2) is 36.5 Å². The smallest absolute Gasteiger partial charge is 0.411 e. The summed E-state index contributed by atoms with van der Waals surface area (Å²) in [6.07, 6.45) is -3.61. The van der Waals surface area contributed by atoms with Crippen LogP contribution in [0.1, 0.15) is 52.0 Å². The van der Waals surface area contributed by atoms with E-state index in [9.17, 15) is 18.0 Å². The van der Waals surface area contributed by atoms with E-state index >= 15 is 0 Å². The van der Waals surface area contributed by atoms with Gasteiger partial charge in [0.05, 0.1) is 23.1 Å². The number of carbonyl (C=O) groups is 1. The molecule has 1 amide bonds. The van der Waals surface area contributed by atoms with Gasteiger partial charge in [-0.3, -0.25) is 4.79 Å². The van der Waals surface area contributed by atoms with Crippen LogP contribution < -0.4 is 4.90 Å². The number of halogens is 3. The zero-order valence-corrected chi connectivity index (χ0v) is 21.0. The number of alkyl halides is 3. The molecule has 2 atom stereocenters. The van der Waals surface area contributed by atoms with Crippen molar-refractivity contribution < 1.29 is 26.9 Å². The SMILES string of the molecule is Cc1nc(-c2ccc(N3C(=O)C4(CC4)[C@@H](O[Si](C)(C)C(C)(C)C)[C@@H]3C)cc2C(F)(F)F)no1. The molecule has 1 aromatic heterocycles. The monoisotopic (exact) mass is 481 g/mol. The molecule has 2 fully saturated rings. The number of aryl methyl sites for hydroxylation is 1. The predicted octanol–water partition coefficient (Wildman–Crippen LogP) is 5.97. The number of anilines is 1. The summed E-state index contributed by atoms with van der Waals surface area (Å²) >= 11 is 0. The first kappa shape index (κ1) is 23.9. The van der Waals surface area contributed by atoms with E-state index < -0.39 is 25.5 Å². The quantitative estimate of drug-likeness (QED) is 0.503. The lowest BCUT2D eigenvalue weighted by Gasteiger charge is -2.40. The Labute approximate surface area is 192 Å². The summed E-state index contributed by atoms with van der Waals surface area (Å²) < 4.78 is 53.5. The molecule has 1 aliphatic carbocycles. The first-order valence-corrected chi connectivity index (χ1v) is 14.0. The van der Waals surface area contributed by atoms with Crippen LogP contribution in [0.15, 0.2) is 22.7 Å². The molecule has 1 spiro atoms. The van der Waals surface area contributed by atoms with Crippen molar-refractivity contribution in [3.8, 4) is 11.4 Å². The average molecular weight is 482 g/mol. The van der Waals surface area contributed by atoms with Crippen molar-refractivity contribution >= 4 is 19.9 Å². The summed E-state index contributed by atoms with van der Waals surface area (Å²) in [5.74, 6) is -0.119. The predicted molar refractivity (Wildman–Crippen MR) is 120 cm³/mol. The van der Waals surface area contributed by atoms with Gasteiger partial charge in [0.2, 0.25) is 17.6 Å². The maximum atomic E-state index is 14.0. The van der Waals surface area contributed by atoms with Crippen molar-refractivity contribution in [3.05, 3.63) is 29.7 Å². The molecule has 0 N–H and O–H groups in total. The molecule has 6 nitrogen and oxygen atoms in total.